The summed E-state index contributed by atoms with van der Waals surface area (Å²) in [5, 5.41) is 5.39. The van der Waals surface area contributed by atoms with Crippen LogP contribution in [0.5, 0.6) is 0 Å². The summed E-state index contributed by atoms with van der Waals surface area (Å²) in [4.78, 5) is 29.5. The molecule has 0 aromatic heterocycles. The third-order valence-electron chi connectivity index (χ3n) is 6.23. The molecule has 2 aromatic carbocycles. The van der Waals surface area contributed by atoms with E-state index in [0.717, 1.165) is 22.3 Å². The first-order valence-electron chi connectivity index (χ1n) is 11.4. The Morgan fingerprint density at radius 1 is 0.939 bits per heavy atom. The third kappa shape index (κ3) is 4.64. The topological polar surface area (TPSA) is 123 Å². The summed E-state index contributed by atoms with van der Waals surface area (Å²) in [6.45, 7) is 5.95. The van der Waals surface area contributed by atoms with Gasteiger partial charge in [0.05, 0.1) is 5.41 Å². The van der Waals surface area contributed by atoms with E-state index in [9.17, 15) is 9.59 Å². The van der Waals surface area contributed by atoms with E-state index in [-0.39, 0.29) is 23.9 Å². The number of carbonyl (C=O) groups is 2. The maximum atomic E-state index is 12.4. The Kier molecular flexibility index (Phi) is 7.22. The molecule has 0 bridgehead atoms. The first-order valence-corrected chi connectivity index (χ1v) is 11.4. The van der Waals surface area contributed by atoms with E-state index in [1.165, 1.54) is 0 Å². The molecule has 0 saturated heterocycles. The molecular formula is C26H35N5O2. The molecule has 7 nitrogen and oxygen atoms in total. The second-order valence-electron chi connectivity index (χ2n) is 9.10. The van der Waals surface area contributed by atoms with Gasteiger partial charge < -0.3 is 22.1 Å². The van der Waals surface area contributed by atoms with Gasteiger partial charge in [-0.15, -0.1) is 0 Å². The molecule has 3 rings (SSSR count). The van der Waals surface area contributed by atoms with Crippen molar-refractivity contribution in [2.45, 2.75) is 57.5 Å². The van der Waals surface area contributed by atoms with Gasteiger partial charge in [-0.2, -0.15) is 0 Å². The molecule has 7 heteroatoms. The van der Waals surface area contributed by atoms with Crippen LogP contribution in [-0.4, -0.2) is 43.8 Å². The first-order chi connectivity index (χ1) is 15.6. The van der Waals surface area contributed by atoms with E-state index in [2.05, 4.69) is 10.6 Å². The van der Waals surface area contributed by atoms with Crippen LogP contribution in [0.3, 0.4) is 0 Å². The summed E-state index contributed by atoms with van der Waals surface area (Å²) in [6.07, 6.45) is 1.97. The summed E-state index contributed by atoms with van der Waals surface area (Å²) < 4.78 is 0. The average Bonchev–Trinajstić information content (AvgIpc) is 2.92. The zero-order chi connectivity index (χ0) is 24.3. The maximum Gasteiger partial charge on any atom is 0.251 e. The third-order valence-corrected chi connectivity index (χ3v) is 6.23. The number of carbonyl (C=O) groups excluding carboxylic acids is 2. The van der Waals surface area contributed by atoms with Crippen LogP contribution in [0, 0.1) is 0 Å². The Morgan fingerprint density at radius 2 is 1.39 bits per heavy atom. The number of hydrogen-bond acceptors (Lipinski definition) is 4. The van der Waals surface area contributed by atoms with E-state index in [1.54, 1.807) is 14.1 Å². The van der Waals surface area contributed by atoms with E-state index in [4.69, 9.17) is 16.5 Å². The van der Waals surface area contributed by atoms with Crippen molar-refractivity contribution < 1.29 is 9.59 Å². The minimum Gasteiger partial charge on any atom is -0.386 e. The molecule has 1 aliphatic rings. The molecule has 0 radical (unpaired) electrons. The van der Waals surface area contributed by atoms with Crippen molar-refractivity contribution in [1.29, 1.82) is 0 Å². The van der Waals surface area contributed by atoms with Crippen LogP contribution < -0.4 is 22.1 Å². The zero-order valence-corrected chi connectivity index (χ0v) is 20.2. The lowest BCUT2D eigenvalue weighted by molar-refractivity contribution is 0.0955. The van der Waals surface area contributed by atoms with Crippen LogP contribution in [0.4, 0.5) is 0 Å². The lowest BCUT2D eigenvalue weighted by Gasteiger charge is -2.38. The van der Waals surface area contributed by atoms with Gasteiger partial charge in [-0.3, -0.25) is 14.6 Å². The van der Waals surface area contributed by atoms with Gasteiger partial charge in [-0.1, -0.05) is 12.1 Å². The van der Waals surface area contributed by atoms with Gasteiger partial charge in [0.1, 0.15) is 5.84 Å². The van der Waals surface area contributed by atoms with Crippen LogP contribution in [0.1, 0.15) is 70.2 Å². The first kappa shape index (κ1) is 24.5. The Hall–Kier alpha value is -3.19. The number of aliphatic imine (C=N–C) groups is 1. The number of amides is 2. The summed E-state index contributed by atoms with van der Waals surface area (Å²) >= 11 is 0. The molecule has 0 spiro atoms. The predicted molar refractivity (Wildman–Crippen MR) is 133 cm³/mol. The monoisotopic (exact) mass is 449 g/mol. The summed E-state index contributed by atoms with van der Waals surface area (Å²) in [5.74, 6) is 0.228. The van der Waals surface area contributed by atoms with Crippen molar-refractivity contribution in [2.24, 2.45) is 16.5 Å². The van der Waals surface area contributed by atoms with Gasteiger partial charge in [0.25, 0.3) is 11.8 Å². The Morgan fingerprint density at radius 3 is 1.76 bits per heavy atom. The summed E-state index contributed by atoms with van der Waals surface area (Å²) in [5.41, 5.74) is 17.8. The van der Waals surface area contributed by atoms with E-state index < -0.39 is 5.41 Å². The molecule has 176 valence electrons. The van der Waals surface area contributed by atoms with Crippen molar-refractivity contribution in [2.75, 3.05) is 14.1 Å². The summed E-state index contributed by atoms with van der Waals surface area (Å²) in [6, 6.07) is 11.4. The average molecular weight is 450 g/mol. The zero-order valence-electron chi connectivity index (χ0n) is 20.2. The number of aryl methyl sites for hydroxylation is 2. The van der Waals surface area contributed by atoms with Crippen LogP contribution in [0.25, 0.3) is 0 Å². The smallest absolute Gasteiger partial charge is 0.251 e. The Bertz CT molecular complexity index is 1020. The lowest BCUT2D eigenvalue weighted by Crippen LogP contribution is -2.47. The molecule has 1 atom stereocenters. The molecule has 0 aliphatic heterocycles. The number of fused-ring (bicyclic) bond motifs is 2. The van der Waals surface area contributed by atoms with Crippen molar-refractivity contribution >= 4 is 17.6 Å². The highest BCUT2D eigenvalue weighted by Gasteiger charge is 2.44. The highest BCUT2D eigenvalue weighted by molar-refractivity contribution is 5.99. The van der Waals surface area contributed by atoms with Crippen molar-refractivity contribution in [3.8, 4) is 0 Å². The quantitative estimate of drug-likeness (QED) is 0.399. The van der Waals surface area contributed by atoms with E-state index >= 15 is 0 Å². The molecule has 6 N–H and O–H groups in total. The van der Waals surface area contributed by atoms with Gasteiger partial charge in [0, 0.05) is 37.3 Å². The number of nitrogens with two attached hydrogens (primary N) is 2. The van der Waals surface area contributed by atoms with Crippen molar-refractivity contribution in [3.63, 3.8) is 0 Å². The van der Waals surface area contributed by atoms with E-state index in [1.807, 2.05) is 57.2 Å². The van der Waals surface area contributed by atoms with Crippen LogP contribution in [-0.2, 0) is 18.3 Å². The van der Waals surface area contributed by atoms with Gasteiger partial charge >= 0.3 is 0 Å². The highest BCUT2D eigenvalue weighted by atomic mass is 16.2. The number of benzene rings is 2. The second kappa shape index (κ2) is 9.75. The second-order valence-corrected chi connectivity index (χ2v) is 9.10. The van der Waals surface area contributed by atoms with E-state index in [0.29, 0.717) is 36.2 Å². The molecule has 0 unspecified atom stereocenters. The molecule has 1 aliphatic carbocycles. The maximum absolute atomic E-state index is 12.4. The fraction of sp³-hybridized carbons (Fsp3) is 0.423. The predicted octanol–water partition coefficient (Wildman–Crippen LogP) is 2.29. The number of nitrogens with one attached hydrogen (secondary N) is 2. The molecule has 2 amide bonds. The molecular weight excluding hydrogens is 414 g/mol. The number of nitrogens with zero attached hydrogens (tertiary/aromatic N) is 1. The fourth-order valence-electron chi connectivity index (χ4n) is 4.89. The largest absolute Gasteiger partial charge is 0.386 e. The van der Waals surface area contributed by atoms with Crippen molar-refractivity contribution in [3.05, 3.63) is 69.8 Å². The van der Waals surface area contributed by atoms with Crippen LogP contribution in [0.15, 0.2) is 41.4 Å². The standard InChI is InChI=1S/C26H35N5O2/c1-15(2)31-25(28)26(14-16(3)27)21-10-8-19(23(32)29-4)12-17(21)6-7-18-13-20(24(33)30-5)9-11-22(18)26/h8-13,15-16H,6-7,14,27H2,1-5H3,(H2,28,31)(H,29,32)(H,30,33)/t16-/m0/s1. The van der Waals surface area contributed by atoms with Gasteiger partial charge in [0.2, 0.25) is 0 Å². The molecule has 33 heavy (non-hydrogen) atoms. The van der Waals surface area contributed by atoms with Crippen molar-refractivity contribution in [1.82, 2.24) is 10.6 Å². The van der Waals surface area contributed by atoms with Crippen LogP contribution >= 0.6 is 0 Å². The van der Waals surface area contributed by atoms with Gasteiger partial charge in [-0.05, 0) is 86.6 Å². The molecule has 0 fully saturated rings. The molecule has 0 heterocycles. The van der Waals surface area contributed by atoms with Crippen LogP contribution in [0.2, 0.25) is 0 Å². The lowest BCUT2D eigenvalue weighted by atomic mass is 9.67. The summed E-state index contributed by atoms with van der Waals surface area (Å²) in [7, 11) is 3.25. The minimum atomic E-state index is -0.762. The Balaban J connectivity index is 2.38. The molecule has 0 saturated carbocycles. The molecule has 2 aromatic rings. The van der Waals surface area contributed by atoms with Gasteiger partial charge in [0.15, 0.2) is 0 Å². The minimum absolute atomic E-state index is 0.000364. The highest BCUT2D eigenvalue weighted by Crippen LogP contribution is 2.44. The van der Waals surface area contributed by atoms with Gasteiger partial charge in [-0.25, -0.2) is 0 Å². The Labute approximate surface area is 196 Å². The SMILES string of the molecule is CNC(=O)c1ccc2c(c1)CCc1cc(C(=O)NC)ccc1C2(C[C@H](C)N)C(N)=NC(C)C. The number of hydrogen-bond donors (Lipinski definition) is 4. The normalized spacial score (nSPS) is 15.8. The fourth-order valence-corrected chi connectivity index (χ4v) is 4.89. The number of amidine groups is 1. The number of rotatable bonds is 6.